The number of benzene rings is 1. The quantitative estimate of drug-likeness (QED) is 0.777. The number of carbonyl (C=O) groups excluding carboxylic acids is 2. The first-order valence-corrected chi connectivity index (χ1v) is 9.31. The Morgan fingerprint density at radius 1 is 1.20 bits per heavy atom. The number of aryl methyl sites for hydroxylation is 1. The number of nitrogens with one attached hydrogen (secondary N) is 1. The fourth-order valence-corrected chi connectivity index (χ4v) is 3.22. The van der Waals surface area contributed by atoms with Gasteiger partial charge in [0.2, 0.25) is 5.91 Å². The highest BCUT2D eigenvalue weighted by atomic mass is 16.3. The Bertz CT molecular complexity index is 620. The highest BCUT2D eigenvalue weighted by Crippen LogP contribution is 2.27. The second kappa shape index (κ2) is 8.88. The van der Waals surface area contributed by atoms with E-state index < -0.39 is 0 Å². The van der Waals surface area contributed by atoms with Crippen LogP contribution in [-0.2, 0) is 4.79 Å². The van der Waals surface area contributed by atoms with Crippen molar-refractivity contribution in [1.82, 2.24) is 10.2 Å². The summed E-state index contributed by atoms with van der Waals surface area (Å²) in [6.45, 7) is 7.71. The number of unbranched alkanes of at least 4 members (excludes halogenated alkanes) is 2. The molecule has 2 N–H and O–H groups in total. The maximum Gasteiger partial charge on any atom is 0.257 e. The standard InChI is InChI=1S/C20H30N2O3/c1-4-5-6-11-21-19(24)16-9-12-22(13-10-16)20(25)17-8-7-14(2)15(3)18(17)23/h7-8,16,23H,4-6,9-13H2,1-3H3,(H,21,24). The van der Waals surface area contributed by atoms with Crippen molar-refractivity contribution in [2.24, 2.45) is 5.92 Å². The van der Waals surface area contributed by atoms with Crippen molar-refractivity contribution in [3.8, 4) is 5.75 Å². The van der Waals surface area contributed by atoms with E-state index in [0.29, 0.717) is 31.5 Å². The maximum absolute atomic E-state index is 12.7. The number of nitrogens with zero attached hydrogens (tertiary/aromatic N) is 1. The molecule has 2 rings (SSSR count). The van der Waals surface area contributed by atoms with Crippen LogP contribution in [0.5, 0.6) is 5.75 Å². The molecule has 0 unspecified atom stereocenters. The van der Waals surface area contributed by atoms with Crippen LogP contribution in [0, 0.1) is 19.8 Å². The van der Waals surface area contributed by atoms with Gasteiger partial charge in [-0.2, -0.15) is 0 Å². The van der Waals surface area contributed by atoms with Gasteiger partial charge in [0.1, 0.15) is 5.75 Å². The number of piperidine rings is 1. The molecule has 1 fully saturated rings. The lowest BCUT2D eigenvalue weighted by Crippen LogP contribution is -2.43. The molecule has 0 aliphatic carbocycles. The smallest absolute Gasteiger partial charge is 0.257 e. The summed E-state index contributed by atoms with van der Waals surface area (Å²) in [4.78, 5) is 26.6. The molecule has 0 aromatic heterocycles. The van der Waals surface area contributed by atoms with Gasteiger partial charge in [0.25, 0.3) is 5.91 Å². The van der Waals surface area contributed by atoms with E-state index in [9.17, 15) is 14.7 Å². The summed E-state index contributed by atoms with van der Waals surface area (Å²) >= 11 is 0. The van der Waals surface area contributed by atoms with E-state index in [1.807, 2.05) is 19.9 Å². The van der Waals surface area contributed by atoms with Gasteiger partial charge in [-0.3, -0.25) is 9.59 Å². The molecule has 0 bridgehead atoms. The predicted octanol–water partition coefficient (Wildman–Crippen LogP) is 3.17. The minimum Gasteiger partial charge on any atom is -0.507 e. The van der Waals surface area contributed by atoms with Gasteiger partial charge in [-0.1, -0.05) is 25.8 Å². The fraction of sp³-hybridized carbons (Fsp3) is 0.600. The van der Waals surface area contributed by atoms with Crippen molar-refractivity contribution in [1.29, 1.82) is 0 Å². The summed E-state index contributed by atoms with van der Waals surface area (Å²) in [7, 11) is 0. The number of amides is 2. The van der Waals surface area contributed by atoms with Gasteiger partial charge >= 0.3 is 0 Å². The summed E-state index contributed by atoms with van der Waals surface area (Å²) in [6, 6.07) is 3.55. The summed E-state index contributed by atoms with van der Waals surface area (Å²) in [5, 5.41) is 13.3. The van der Waals surface area contributed by atoms with Crippen LogP contribution in [0.15, 0.2) is 12.1 Å². The van der Waals surface area contributed by atoms with Gasteiger partial charge in [0, 0.05) is 25.6 Å². The molecule has 25 heavy (non-hydrogen) atoms. The van der Waals surface area contributed by atoms with Crippen molar-refractivity contribution in [2.75, 3.05) is 19.6 Å². The third kappa shape index (κ3) is 4.74. The molecule has 0 radical (unpaired) electrons. The summed E-state index contributed by atoms with van der Waals surface area (Å²) < 4.78 is 0. The Kier molecular flexibility index (Phi) is 6.85. The molecular formula is C20H30N2O3. The Balaban J connectivity index is 1.88. The fourth-order valence-electron chi connectivity index (χ4n) is 3.22. The Morgan fingerprint density at radius 3 is 2.52 bits per heavy atom. The van der Waals surface area contributed by atoms with Crippen LogP contribution in [0.2, 0.25) is 0 Å². The Morgan fingerprint density at radius 2 is 1.88 bits per heavy atom. The first-order valence-electron chi connectivity index (χ1n) is 9.31. The number of carbonyl (C=O) groups is 2. The Labute approximate surface area is 150 Å². The largest absolute Gasteiger partial charge is 0.507 e. The Hall–Kier alpha value is -2.04. The van der Waals surface area contributed by atoms with Gasteiger partial charge in [0.05, 0.1) is 5.56 Å². The number of aromatic hydroxyl groups is 1. The topological polar surface area (TPSA) is 69.6 Å². The lowest BCUT2D eigenvalue weighted by atomic mass is 9.95. The first kappa shape index (κ1) is 19.3. The van der Waals surface area contributed by atoms with Crippen molar-refractivity contribution in [3.63, 3.8) is 0 Å². The summed E-state index contributed by atoms with van der Waals surface area (Å²) in [6.07, 6.45) is 4.65. The first-order chi connectivity index (χ1) is 12.0. The number of phenolic OH excluding ortho intramolecular Hbond substituents is 1. The van der Waals surface area contributed by atoms with Gasteiger partial charge in [0.15, 0.2) is 0 Å². The molecular weight excluding hydrogens is 316 g/mol. The second-order valence-corrected chi connectivity index (χ2v) is 6.97. The predicted molar refractivity (Wildman–Crippen MR) is 98.7 cm³/mol. The average Bonchev–Trinajstić information content (AvgIpc) is 2.63. The molecule has 0 spiro atoms. The number of phenols is 1. The molecule has 1 aliphatic heterocycles. The van der Waals surface area contributed by atoms with E-state index in [0.717, 1.165) is 36.9 Å². The minimum absolute atomic E-state index is 0.0148. The highest BCUT2D eigenvalue weighted by molar-refractivity contribution is 5.97. The normalized spacial score (nSPS) is 15.2. The van der Waals surface area contributed by atoms with Crippen LogP contribution in [0.4, 0.5) is 0 Å². The van der Waals surface area contributed by atoms with Crippen LogP contribution >= 0.6 is 0 Å². The molecule has 2 amide bonds. The van der Waals surface area contributed by atoms with Gasteiger partial charge in [-0.15, -0.1) is 0 Å². The van der Waals surface area contributed by atoms with E-state index in [-0.39, 0.29) is 23.5 Å². The van der Waals surface area contributed by atoms with Gasteiger partial charge in [-0.05, 0) is 50.3 Å². The van der Waals surface area contributed by atoms with E-state index in [1.54, 1.807) is 11.0 Å². The summed E-state index contributed by atoms with van der Waals surface area (Å²) in [5.74, 6) is 0.0134. The van der Waals surface area contributed by atoms with Crippen LogP contribution in [0.1, 0.15) is 60.5 Å². The number of rotatable bonds is 6. The van der Waals surface area contributed by atoms with Crippen molar-refractivity contribution < 1.29 is 14.7 Å². The van der Waals surface area contributed by atoms with Crippen LogP contribution < -0.4 is 5.32 Å². The van der Waals surface area contributed by atoms with Crippen molar-refractivity contribution in [3.05, 3.63) is 28.8 Å². The van der Waals surface area contributed by atoms with Crippen molar-refractivity contribution in [2.45, 2.75) is 52.9 Å². The molecule has 1 aromatic carbocycles. The van der Waals surface area contributed by atoms with Crippen LogP contribution in [-0.4, -0.2) is 41.5 Å². The zero-order valence-electron chi connectivity index (χ0n) is 15.6. The monoisotopic (exact) mass is 346 g/mol. The molecule has 1 saturated heterocycles. The third-order valence-electron chi connectivity index (χ3n) is 5.16. The van der Waals surface area contributed by atoms with Crippen LogP contribution in [0.25, 0.3) is 0 Å². The van der Waals surface area contributed by atoms with E-state index >= 15 is 0 Å². The average molecular weight is 346 g/mol. The number of hydrogen-bond donors (Lipinski definition) is 2. The molecule has 5 heteroatoms. The molecule has 5 nitrogen and oxygen atoms in total. The summed E-state index contributed by atoms with van der Waals surface area (Å²) in [5.41, 5.74) is 2.06. The zero-order chi connectivity index (χ0) is 18.4. The molecule has 0 atom stereocenters. The van der Waals surface area contributed by atoms with Gasteiger partial charge in [-0.25, -0.2) is 0 Å². The SMILES string of the molecule is CCCCCNC(=O)C1CCN(C(=O)c2ccc(C)c(C)c2O)CC1. The zero-order valence-corrected chi connectivity index (χ0v) is 15.6. The third-order valence-corrected chi connectivity index (χ3v) is 5.16. The minimum atomic E-state index is -0.151. The van der Waals surface area contributed by atoms with Crippen molar-refractivity contribution >= 4 is 11.8 Å². The van der Waals surface area contributed by atoms with Crippen LogP contribution in [0.3, 0.4) is 0 Å². The van der Waals surface area contributed by atoms with E-state index in [1.165, 1.54) is 0 Å². The lowest BCUT2D eigenvalue weighted by molar-refractivity contribution is -0.126. The highest BCUT2D eigenvalue weighted by Gasteiger charge is 2.28. The molecule has 1 aromatic rings. The maximum atomic E-state index is 12.7. The molecule has 1 heterocycles. The number of likely N-dealkylation sites (tertiary alicyclic amines) is 1. The lowest BCUT2D eigenvalue weighted by Gasteiger charge is -2.31. The molecule has 138 valence electrons. The molecule has 1 aliphatic rings. The second-order valence-electron chi connectivity index (χ2n) is 6.97. The van der Waals surface area contributed by atoms with Gasteiger partial charge < -0.3 is 15.3 Å². The molecule has 0 saturated carbocycles. The number of hydrogen-bond acceptors (Lipinski definition) is 3. The van der Waals surface area contributed by atoms with E-state index in [4.69, 9.17) is 0 Å². The van der Waals surface area contributed by atoms with E-state index in [2.05, 4.69) is 12.2 Å².